The van der Waals surface area contributed by atoms with Gasteiger partial charge in [0.25, 0.3) is 5.69 Å². The summed E-state index contributed by atoms with van der Waals surface area (Å²) in [7, 11) is 0. The summed E-state index contributed by atoms with van der Waals surface area (Å²) < 4.78 is 3.61. The van der Waals surface area contributed by atoms with Gasteiger partial charge in [-0.2, -0.15) is 10.2 Å². The highest BCUT2D eigenvalue weighted by atomic mass is 16.6. The first kappa shape index (κ1) is 14.0. The van der Waals surface area contributed by atoms with E-state index in [1.165, 1.54) is 12.1 Å². The van der Waals surface area contributed by atoms with Gasteiger partial charge in [-0.1, -0.05) is 0 Å². The Morgan fingerprint density at radius 3 is 2.55 bits per heavy atom. The van der Waals surface area contributed by atoms with E-state index in [4.69, 9.17) is 0 Å². The standard InChI is InChI=1S/C15H15N5O2/c1-3-18-11(2)14(10-16-18)15-8-9-19(17-15)12-4-6-13(7-5-12)20(21)22/h4-10H,3H2,1-2H3. The maximum absolute atomic E-state index is 10.7. The van der Waals surface area contributed by atoms with Gasteiger partial charge in [-0.05, 0) is 32.0 Å². The molecule has 0 saturated heterocycles. The second-order valence-electron chi connectivity index (χ2n) is 4.88. The number of hydrogen-bond acceptors (Lipinski definition) is 4. The highest BCUT2D eigenvalue weighted by molar-refractivity contribution is 5.61. The van der Waals surface area contributed by atoms with Crippen LogP contribution in [0.15, 0.2) is 42.7 Å². The van der Waals surface area contributed by atoms with Gasteiger partial charge in [0.2, 0.25) is 0 Å². The van der Waals surface area contributed by atoms with Crippen LogP contribution in [0.5, 0.6) is 0 Å². The first-order valence-electron chi connectivity index (χ1n) is 6.93. The number of benzene rings is 1. The first-order chi connectivity index (χ1) is 10.6. The van der Waals surface area contributed by atoms with Crippen molar-refractivity contribution in [2.45, 2.75) is 20.4 Å². The van der Waals surface area contributed by atoms with Crippen molar-refractivity contribution in [1.29, 1.82) is 0 Å². The summed E-state index contributed by atoms with van der Waals surface area (Å²) in [5.41, 5.74) is 3.73. The first-order valence-corrected chi connectivity index (χ1v) is 6.93. The molecule has 0 unspecified atom stereocenters. The summed E-state index contributed by atoms with van der Waals surface area (Å²) in [5, 5.41) is 19.5. The van der Waals surface area contributed by atoms with Gasteiger partial charge in [0, 0.05) is 36.1 Å². The van der Waals surface area contributed by atoms with E-state index in [1.807, 2.05) is 30.8 Å². The van der Waals surface area contributed by atoms with E-state index in [9.17, 15) is 10.1 Å². The summed E-state index contributed by atoms with van der Waals surface area (Å²) in [5.74, 6) is 0. The number of nitrogens with zero attached hydrogens (tertiary/aromatic N) is 5. The van der Waals surface area contributed by atoms with Crippen molar-refractivity contribution in [3.63, 3.8) is 0 Å². The Morgan fingerprint density at radius 1 is 1.23 bits per heavy atom. The van der Waals surface area contributed by atoms with Gasteiger partial charge in [-0.25, -0.2) is 4.68 Å². The fraction of sp³-hybridized carbons (Fsp3) is 0.200. The Morgan fingerprint density at radius 2 is 1.95 bits per heavy atom. The Balaban J connectivity index is 1.93. The molecule has 112 valence electrons. The van der Waals surface area contributed by atoms with Gasteiger partial charge >= 0.3 is 0 Å². The Bertz CT molecular complexity index is 817. The van der Waals surface area contributed by atoms with E-state index < -0.39 is 4.92 Å². The molecule has 0 radical (unpaired) electrons. The second-order valence-corrected chi connectivity index (χ2v) is 4.88. The van der Waals surface area contributed by atoms with Crippen molar-refractivity contribution < 1.29 is 4.92 Å². The number of hydrogen-bond donors (Lipinski definition) is 0. The van der Waals surface area contributed by atoms with Crippen LogP contribution in [0.1, 0.15) is 12.6 Å². The van der Waals surface area contributed by atoms with Crippen LogP contribution in [0.25, 0.3) is 16.9 Å². The van der Waals surface area contributed by atoms with Gasteiger partial charge in [0.05, 0.1) is 22.5 Å². The third-order valence-electron chi connectivity index (χ3n) is 3.59. The summed E-state index contributed by atoms with van der Waals surface area (Å²) in [6, 6.07) is 8.20. The summed E-state index contributed by atoms with van der Waals surface area (Å²) in [6.45, 7) is 4.87. The fourth-order valence-corrected chi connectivity index (χ4v) is 2.36. The van der Waals surface area contributed by atoms with Gasteiger partial charge < -0.3 is 0 Å². The average Bonchev–Trinajstić information content (AvgIpc) is 3.13. The van der Waals surface area contributed by atoms with Crippen molar-refractivity contribution in [2.75, 3.05) is 0 Å². The highest BCUT2D eigenvalue weighted by Crippen LogP contribution is 2.22. The molecule has 1 aromatic carbocycles. The maximum atomic E-state index is 10.7. The normalized spacial score (nSPS) is 10.8. The van der Waals surface area contributed by atoms with Crippen LogP contribution in [-0.2, 0) is 6.54 Å². The molecule has 2 heterocycles. The molecule has 0 aliphatic carbocycles. The lowest BCUT2D eigenvalue weighted by molar-refractivity contribution is -0.384. The van der Waals surface area contributed by atoms with E-state index in [-0.39, 0.29) is 5.69 Å². The van der Waals surface area contributed by atoms with Gasteiger partial charge in [0.15, 0.2) is 0 Å². The number of nitro benzene ring substituents is 1. The van der Waals surface area contributed by atoms with Crippen LogP contribution in [-0.4, -0.2) is 24.5 Å². The molecule has 0 bridgehead atoms. The number of aryl methyl sites for hydroxylation is 1. The van der Waals surface area contributed by atoms with Crippen LogP contribution in [0.2, 0.25) is 0 Å². The number of aromatic nitrogens is 4. The Kier molecular flexibility index (Phi) is 3.46. The summed E-state index contributed by atoms with van der Waals surface area (Å²) >= 11 is 0. The predicted molar refractivity (Wildman–Crippen MR) is 81.9 cm³/mol. The number of non-ortho nitro benzene ring substituents is 1. The molecule has 7 heteroatoms. The van der Waals surface area contributed by atoms with Crippen molar-refractivity contribution in [3.8, 4) is 16.9 Å². The zero-order valence-corrected chi connectivity index (χ0v) is 12.3. The molecule has 0 amide bonds. The SMILES string of the molecule is CCn1ncc(-c2ccn(-c3ccc([N+](=O)[O-])cc3)n2)c1C. The van der Waals surface area contributed by atoms with Crippen molar-refractivity contribution in [1.82, 2.24) is 19.6 Å². The van der Waals surface area contributed by atoms with Crippen LogP contribution in [0.3, 0.4) is 0 Å². The lowest BCUT2D eigenvalue weighted by Gasteiger charge is -2.01. The van der Waals surface area contributed by atoms with E-state index in [2.05, 4.69) is 10.2 Å². The molecule has 0 aliphatic heterocycles. The van der Waals surface area contributed by atoms with E-state index in [0.29, 0.717) is 0 Å². The molecule has 0 fully saturated rings. The maximum Gasteiger partial charge on any atom is 0.269 e. The Labute approximate surface area is 127 Å². The molecule has 22 heavy (non-hydrogen) atoms. The topological polar surface area (TPSA) is 78.8 Å². The van der Waals surface area contributed by atoms with Gasteiger partial charge in [-0.15, -0.1) is 0 Å². The lowest BCUT2D eigenvalue weighted by atomic mass is 10.2. The monoisotopic (exact) mass is 297 g/mol. The molecular formula is C15H15N5O2. The fourth-order valence-electron chi connectivity index (χ4n) is 2.36. The molecule has 0 N–H and O–H groups in total. The zero-order chi connectivity index (χ0) is 15.7. The minimum absolute atomic E-state index is 0.0659. The van der Waals surface area contributed by atoms with Crippen molar-refractivity contribution in [3.05, 3.63) is 58.5 Å². The largest absolute Gasteiger partial charge is 0.269 e. The lowest BCUT2D eigenvalue weighted by Crippen LogP contribution is -1.99. The van der Waals surface area contributed by atoms with E-state index in [1.54, 1.807) is 23.0 Å². The molecular weight excluding hydrogens is 282 g/mol. The van der Waals surface area contributed by atoms with Crippen LogP contribution < -0.4 is 0 Å². The van der Waals surface area contributed by atoms with Crippen molar-refractivity contribution >= 4 is 5.69 Å². The van der Waals surface area contributed by atoms with Gasteiger partial charge in [-0.3, -0.25) is 14.8 Å². The van der Waals surface area contributed by atoms with E-state index >= 15 is 0 Å². The molecule has 0 saturated carbocycles. The van der Waals surface area contributed by atoms with E-state index in [0.717, 1.165) is 29.2 Å². The second kappa shape index (κ2) is 5.44. The third kappa shape index (κ3) is 2.37. The van der Waals surface area contributed by atoms with Crippen LogP contribution in [0.4, 0.5) is 5.69 Å². The van der Waals surface area contributed by atoms with Crippen LogP contribution in [0, 0.1) is 17.0 Å². The minimum Gasteiger partial charge on any atom is -0.269 e. The quantitative estimate of drug-likeness (QED) is 0.548. The minimum atomic E-state index is -0.416. The summed E-state index contributed by atoms with van der Waals surface area (Å²) in [4.78, 5) is 10.3. The molecule has 2 aromatic heterocycles. The molecule has 3 rings (SSSR count). The molecule has 0 aliphatic rings. The molecule has 0 atom stereocenters. The third-order valence-corrected chi connectivity index (χ3v) is 3.59. The van der Waals surface area contributed by atoms with Crippen molar-refractivity contribution in [2.24, 2.45) is 0 Å². The Hall–Kier alpha value is -2.96. The van der Waals surface area contributed by atoms with Crippen LogP contribution >= 0.6 is 0 Å². The molecule has 0 spiro atoms. The summed E-state index contributed by atoms with van der Waals surface area (Å²) in [6.07, 6.45) is 3.64. The average molecular weight is 297 g/mol. The van der Waals surface area contributed by atoms with Gasteiger partial charge in [0.1, 0.15) is 0 Å². The zero-order valence-electron chi connectivity index (χ0n) is 12.3. The number of rotatable bonds is 4. The predicted octanol–water partition coefficient (Wildman–Crippen LogP) is 2.97. The number of nitro groups is 1. The molecule has 7 nitrogen and oxygen atoms in total. The smallest absolute Gasteiger partial charge is 0.269 e. The molecule has 3 aromatic rings. The highest BCUT2D eigenvalue weighted by Gasteiger charge is 2.11.